The Kier molecular flexibility index (Phi) is 2.38. The van der Waals surface area contributed by atoms with E-state index >= 15 is 0 Å². The molecule has 2 rings (SSSR count). The van der Waals surface area contributed by atoms with Crippen molar-refractivity contribution in [1.82, 2.24) is 0 Å². The highest BCUT2D eigenvalue weighted by Crippen LogP contribution is 2.29. The van der Waals surface area contributed by atoms with E-state index in [4.69, 9.17) is 11.6 Å². The lowest BCUT2D eigenvalue weighted by Crippen LogP contribution is -1.85. The molecule has 72 valence electrons. The first-order valence-electron chi connectivity index (χ1n) is 4.15. The molecule has 0 aliphatic carbocycles. The van der Waals surface area contributed by atoms with Crippen LogP contribution >= 0.6 is 11.6 Å². The molecule has 0 bridgehead atoms. The van der Waals surface area contributed by atoms with Crippen LogP contribution in [0.25, 0.3) is 10.8 Å². The van der Waals surface area contributed by atoms with Crippen LogP contribution in [0.2, 0.25) is 5.02 Å². The minimum atomic E-state index is -2.44. The molecular formula is C11H7ClF2. The van der Waals surface area contributed by atoms with E-state index in [1.807, 2.05) is 0 Å². The molecule has 0 unspecified atom stereocenters. The molecule has 0 N–H and O–H groups in total. The average Bonchev–Trinajstić information content (AvgIpc) is 2.16. The van der Waals surface area contributed by atoms with Crippen LogP contribution in [0, 0.1) is 0 Å². The van der Waals surface area contributed by atoms with E-state index in [9.17, 15) is 8.78 Å². The van der Waals surface area contributed by atoms with Gasteiger partial charge in [0.2, 0.25) is 0 Å². The number of halogens is 3. The van der Waals surface area contributed by atoms with Gasteiger partial charge in [-0.1, -0.05) is 35.9 Å². The first-order chi connectivity index (χ1) is 6.68. The monoisotopic (exact) mass is 212 g/mol. The van der Waals surface area contributed by atoms with Gasteiger partial charge in [-0.3, -0.25) is 0 Å². The number of hydrogen-bond acceptors (Lipinski definition) is 0. The fourth-order valence-electron chi connectivity index (χ4n) is 1.47. The summed E-state index contributed by atoms with van der Waals surface area (Å²) < 4.78 is 25.1. The largest absolute Gasteiger partial charge is 0.264 e. The van der Waals surface area contributed by atoms with Crippen molar-refractivity contribution in [1.29, 1.82) is 0 Å². The lowest BCUT2D eigenvalue weighted by molar-refractivity contribution is 0.153. The van der Waals surface area contributed by atoms with Crippen molar-refractivity contribution in [2.45, 2.75) is 6.43 Å². The van der Waals surface area contributed by atoms with E-state index < -0.39 is 6.43 Å². The molecule has 0 heterocycles. The van der Waals surface area contributed by atoms with Crippen LogP contribution in [-0.4, -0.2) is 0 Å². The minimum absolute atomic E-state index is 0.0548. The highest BCUT2D eigenvalue weighted by atomic mass is 35.5. The van der Waals surface area contributed by atoms with Gasteiger partial charge in [0.05, 0.1) is 0 Å². The third kappa shape index (κ3) is 1.58. The van der Waals surface area contributed by atoms with E-state index in [0.29, 0.717) is 10.4 Å². The van der Waals surface area contributed by atoms with Gasteiger partial charge in [-0.15, -0.1) is 0 Å². The summed E-state index contributed by atoms with van der Waals surface area (Å²) in [6.45, 7) is 0. The van der Waals surface area contributed by atoms with Gasteiger partial charge in [0.1, 0.15) is 0 Å². The second-order valence-electron chi connectivity index (χ2n) is 3.01. The molecule has 14 heavy (non-hydrogen) atoms. The van der Waals surface area contributed by atoms with Gasteiger partial charge >= 0.3 is 0 Å². The second-order valence-corrected chi connectivity index (χ2v) is 3.45. The Morgan fingerprint density at radius 3 is 2.57 bits per heavy atom. The molecule has 0 atom stereocenters. The minimum Gasteiger partial charge on any atom is -0.205 e. The molecule has 0 aliphatic heterocycles. The van der Waals surface area contributed by atoms with Crippen LogP contribution < -0.4 is 0 Å². The molecule has 0 amide bonds. The third-order valence-electron chi connectivity index (χ3n) is 2.11. The summed E-state index contributed by atoms with van der Waals surface area (Å²) in [7, 11) is 0. The van der Waals surface area contributed by atoms with E-state index in [2.05, 4.69) is 0 Å². The van der Waals surface area contributed by atoms with Crippen molar-refractivity contribution < 1.29 is 8.78 Å². The lowest BCUT2D eigenvalue weighted by Gasteiger charge is -2.05. The normalized spacial score (nSPS) is 11.1. The van der Waals surface area contributed by atoms with E-state index in [0.717, 1.165) is 5.39 Å². The fourth-order valence-corrected chi connectivity index (χ4v) is 1.65. The van der Waals surface area contributed by atoms with Gasteiger partial charge in [-0.2, -0.15) is 0 Å². The number of rotatable bonds is 1. The maximum atomic E-state index is 12.6. The first-order valence-corrected chi connectivity index (χ1v) is 4.52. The third-order valence-corrected chi connectivity index (χ3v) is 2.35. The lowest BCUT2D eigenvalue weighted by atomic mass is 10.1. The van der Waals surface area contributed by atoms with Crippen molar-refractivity contribution in [3.63, 3.8) is 0 Å². The number of hydrogen-bond donors (Lipinski definition) is 0. The predicted octanol–water partition coefficient (Wildman–Crippen LogP) is 4.43. The first kappa shape index (κ1) is 9.41. The van der Waals surface area contributed by atoms with Crippen LogP contribution in [0.15, 0.2) is 36.4 Å². The topological polar surface area (TPSA) is 0 Å². The summed E-state index contributed by atoms with van der Waals surface area (Å²) in [6, 6.07) is 9.74. The molecule has 0 saturated carbocycles. The summed E-state index contributed by atoms with van der Waals surface area (Å²) in [4.78, 5) is 0. The zero-order chi connectivity index (χ0) is 10.1. The van der Waals surface area contributed by atoms with Gasteiger partial charge in [0.25, 0.3) is 6.43 Å². The van der Waals surface area contributed by atoms with Crippen LogP contribution in [0.5, 0.6) is 0 Å². The quantitative estimate of drug-likeness (QED) is 0.656. The maximum Gasteiger partial charge on any atom is 0.264 e. The molecule has 0 saturated heterocycles. The summed E-state index contributed by atoms with van der Waals surface area (Å²) in [5, 5.41) is 1.87. The molecule has 2 aromatic carbocycles. The van der Waals surface area contributed by atoms with E-state index in [-0.39, 0.29) is 5.56 Å². The molecule has 2 aromatic rings. The Labute approximate surface area is 85.1 Å². The smallest absolute Gasteiger partial charge is 0.205 e. The second kappa shape index (κ2) is 3.54. The Hall–Kier alpha value is -1.15. The molecule has 0 aliphatic rings. The van der Waals surface area contributed by atoms with Crippen molar-refractivity contribution in [2.24, 2.45) is 0 Å². The number of benzene rings is 2. The zero-order valence-electron chi connectivity index (χ0n) is 7.18. The van der Waals surface area contributed by atoms with Crippen LogP contribution in [0.1, 0.15) is 12.0 Å². The molecule has 3 heteroatoms. The highest BCUT2D eigenvalue weighted by Gasteiger charge is 2.10. The summed E-state index contributed by atoms with van der Waals surface area (Å²) in [6.07, 6.45) is -2.44. The van der Waals surface area contributed by atoms with Gasteiger partial charge in [0, 0.05) is 10.6 Å². The molecular weight excluding hydrogens is 206 g/mol. The van der Waals surface area contributed by atoms with Crippen LogP contribution in [0.4, 0.5) is 8.78 Å². The van der Waals surface area contributed by atoms with E-state index in [1.54, 1.807) is 30.3 Å². The van der Waals surface area contributed by atoms with Crippen molar-refractivity contribution in [3.8, 4) is 0 Å². The van der Waals surface area contributed by atoms with E-state index in [1.165, 1.54) is 6.07 Å². The molecule has 0 spiro atoms. The molecule has 0 fully saturated rings. The Balaban J connectivity index is 2.75. The summed E-state index contributed by atoms with van der Waals surface area (Å²) >= 11 is 5.76. The number of alkyl halides is 2. The molecule has 0 nitrogen and oxygen atoms in total. The van der Waals surface area contributed by atoms with Gasteiger partial charge in [-0.05, 0) is 22.9 Å². The van der Waals surface area contributed by atoms with Gasteiger partial charge < -0.3 is 0 Å². The van der Waals surface area contributed by atoms with Crippen molar-refractivity contribution in [2.75, 3.05) is 0 Å². The zero-order valence-corrected chi connectivity index (χ0v) is 7.93. The van der Waals surface area contributed by atoms with Crippen LogP contribution in [0.3, 0.4) is 0 Å². The van der Waals surface area contributed by atoms with Gasteiger partial charge in [0.15, 0.2) is 0 Å². The average molecular weight is 213 g/mol. The Morgan fingerprint density at radius 2 is 1.86 bits per heavy atom. The van der Waals surface area contributed by atoms with Crippen molar-refractivity contribution in [3.05, 3.63) is 47.0 Å². The standard InChI is InChI=1S/C11H7ClF2/c12-8-4-5-9-7(6-8)2-1-3-10(9)11(13)14/h1-6,11H. The molecule has 0 radical (unpaired) electrons. The number of fused-ring (bicyclic) bond motifs is 1. The predicted molar refractivity (Wildman–Crippen MR) is 53.9 cm³/mol. The van der Waals surface area contributed by atoms with Gasteiger partial charge in [-0.25, -0.2) is 8.78 Å². The summed E-state index contributed by atoms with van der Waals surface area (Å²) in [5.41, 5.74) is 0.0548. The highest BCUT2D eigenvalue weighted by molar-refractivity contribution is 6.31. The maximum absolute atomic E-state index is 12.6. The molecule has 0 aromatic heterocycles. The van der Waals surface area contributed by atoms with Crippen LogP contribution in [-0.2, 0) is 0 Å². The Bertz CT molecular complexity index is 466. The summed E-state index contributed by atoms with van der Waals surface area (Å²) in [5.74, 6) is 0. The SMILES string of the molecule is FC(F)c1cccc2cc(Cl)ccc12. The Morgan fingerprint density at radius 1 is 1.07 bits per heavy atom. The van der Waals surface area contributed by atoms with Crippen molar-refractivity contribution >= 4 is 22.4 Å². The fraction of sp³-hybridized carbons (Fsp3) is 0.0909.